The zero-order chi connectivity index (χ0) is 21.4. The van der Waals surface area contributed by atoms with Gasteiger partial charge in [-0.3, -0.25) is 9.58 Å². The second-order valence-electron chi connectivity index (χ2n) is 8.28. The summed E-state index contributed by atoms with van der Waals surface area (Å²) in [4.78, 5) is 6.34. The fourth-order valence-electron chi connectivity index (χ4n) is 4.85. The molecule has 0 radical (unpaired) electrons. The minimum atomic E-state index is 0.177. The van der Waals surface area contributed by atoms with Crippen molar-refractivity contribution in [2.45, 2.75) is 46.3 Å². The molecule has 0 unspecified atom stereocenters. The van der Waals surface area contributed by atoms with E-state index in [1.165, 1.54) is 33.3 Å². The molecule has 1 atom stereocenters. The highest BCUT2D eigenvalue weighted by Crippen LogP contribution is 2.39. The van der Waals surface area contributed by atoms with E-state index in [4.69, 9.17) is 4.74 Å². The van der Waals surface area contributed by atoms with E-state index in [0.717, 1.165) is 37.5 Å². The van der Waals surface area contributed by atoms with Gasteiger partial charge in [-0.25, -0.2) is 0 Å². The quantitative estimate of drug-likeness (QED) is 0.469. The number of ether oxygens (including phenoxy) is 1. The average molecular weight is 415 g/mol. The highest BCUT2D eigenvalue weighted by Gasteiger charge is 2.32. The van der Waals surface area contributed by atoms with Gasteiger partial charge in [-0.2, -0.15) is 5.10 Å². The van der Waals surface area contributed by atoms with Crippen LogP contribution in [0.25, 0.3) is 10.9 Å². The Kier molecular flexibility index (Phi) is 5.28. The zero-order valence-electron chi connectivity index (χ0n) is 18.6. The summed E-state index contributed by atoms with van der Waals surface area (Å²) in [6.45, 7) is 9.76. The second kappa shape index (κ2) is 8.23. The van der Waals surface area contributed by atoms with Gasteiger partial charge in [-0.1, -0.05) is 30.3 Å². The van der Waals surface area contributed by atoms with Crippen molar-refractivity contribution in [3.8, 4) is 5.75 Å². The van der Waals surface area contributed by atoms with Crippen LogP contribution in [0.4, 0.5) is 0 Å². The first-order chi connectivity index (χ1) is 15.2. The number of hydrogen-bond donors (Lipinski definition) is 1. The van der Waals surface area contributed by atoms with E-state index < -0.39 is 0 Å². The molecule has 0 saturated carbocycles. The molecule has 160 valence electrons. The number of benzene rings is 2. The van der Waals surface area contributed by atoms with E-state index in [9.17, 15) is 0 Å². The van der Waals surface area contributed by atoms with Crippen molar-refractivity contribution in [3.63, 3.8) is 0 Å². The van der Waals surface area contributed by atoms with Crippen molar-refractivity contribution in [3.05, 3.63) is 82.8 Å². The Balaban J connectivity index is 1.57. The molecule has 2 aromatic carbocycles. The summed E-state index contributed by atoms with van der Waals surface area (Å²) in [6, 6.07) is 17.5. The van der Waals surface area contributed by atoms with Crippen LogP contribution in [0.3, 0.4) is 0 Å². The molecule has 2 aromatic heterocycles. The molecule has 3 heterocycles. The largest absolute Gasteiger partial charge is 0.494 e. The summed E-state index contributed by atoms with van der Waals surface area (Å²) in [5.74, 6) is 0.922. The number of para-hydroxylation sites is 1. The van der Waals surface area contributed by atoms with Gasteiger partial charge in [0.05, 0.1) is 18.3 Å². The van der Waals surface area contributed by atoms with Gasteiger partial charge in [0.2, 0.25) is 0 Å². The summed E-state index contributed by atoms with van der Waals surface area (Å²) in [5.41, 5.74) is 7.70. The molecule has 0 amide bonds. The van der Waals surface area contributed by atoms with Gasteiger partial charge in [-0.15, -0.1) is 0 Å². The summed E-state index contributed by atoms with van der Waals surface area (Å²) in [6.07, 6.45) is 3.25. The fourth-order valence-corrected chi connectivity index (χ4v) is 4.85. The molecule has 5 heteroatoms. The number of aryl methyl sites for hydroxylation is 2. The topological polar surface area (TPSA) is 46.1 Å². The van der Waals surface area contributed by atoms with Crippen molar-refractivity contribution >= 4 is 10.9 Å². The molecule has 1 aliphatic rings. The van der Waals surface area contributed by atoms with E-state index in [1.54, 1.807) is 0 Å². The van der Waals surface area contributed by atoms with Crippen molar-refractivity contribution in [2.75, 3.05) is 13.2 Å². The predicted octanol–water partition coefficient (Wildman–Crippen LogP) is 5.24. The van der Waals surface area contributed by atoms with Gasteiger partial charge in [0.25, 0.3) is 0 Å². The lowest BCUT2D eigenvalue weighted by atomic mass is 9.92. The summed E-state index contributed by atoms with van der Waals surface area (Å²) < 4.78 is 7.72. The number of hydrogen-bond acceptors (Lipinski definition) is 3. The third-order valence-corrected chi connectivity index (χ3v) is 6.39. The summed E-state index contributed by atoms with van der Waals surface area (Å²) in [5, 5.41) is 6.02. The van der Waals surface area contributed by atoms with Crippen LogP contribution >= 0.6 is 0 Å². The Labute approximate surface area is 183 Å². The highest BCUT2D eigenvalue weighted by molar-refractivity contribution is 5.85. The third-order valence-electron chi connectivity index (χ3n) is 6.39. The van der Waals surface area contributed by atoms with Gasteiger partial charge in [0, 0.05) is 48.0 Å². The van der Waals surface area contributed by atoms with Crippen LogP contribution in [0.2, 0.25) is 0 Å². The predicted molar refractivity (Wildman–Crippen MR) is 125 cm³/mol. The molecule has 0 fully saturated rings. The van der Waals surface area contributed by atoms with Crippen LogP contribution in [-0.2, 0) is 19.5 Å². The van der Waals surface area contributed by atoms with Crippen molar-refractivity contribution in [1.82, 2.24) is 19.7 Å². The van der Waals surface area contributed by atoms with Gasteiger partial charge < -0.3 is 9.72 Å². The van der Waals surface area contributed by atoms with Crippen LogP contribution in [-0.4, -0.2) is 32.8 Å². The average Bonchev–Trinajstić information content (AvgIpc) is 3.34. The Bertz CT molecular complexity index is 1190. The summed E-state index contributed by atoms with van der Waals surface area (Å²) in [7, 11) is 0. The Morgan fingerprint density at radius 1 is 1.10 bits per heavy atom. The van der Waals surface area contributed by atoms with Crippen LogP contribution in [0, 0.1) is 6.92 Å². The molecular weight excluding hydrogens is 384 g/mol. The molecule has 5 nitrogen and oxygen atoms in total. The first-order valence-corrected chi connectivity index (χ1v) is 11.3. The smallest absolute Gasteiger partial charge is 0.119 e. The monoisotopic (exact) mass is 414 g/mol. The normalized spacial score (nSPS) is 16.5. The second-order valence-corrected chi connectivity index (χ2v) is 8.28. The molecule has 5 rings (SSSR count). The summed E-state index contributed by atoms with van der Waals surface area (Å²) >= 11 is 0. The van der Waals surface area contributed by atoms with Crippen molar-refractivity contribution in [1.29, 1.82) is 0 Å². The van der Waals surface area contributed by atoms with E-state index in [-0.39, 0.29) is 6.04 Å². The molecule has 0 bridgehead atoms. The van der Waals surface area contributed by atoms with Crippen LogP contribution in [0.15, 0.2) is 54.7 Å². The number of fused-ring (bicyclic) bond motifs is 3. The van der Waals surface area contributed by atoms with Gasteiger partial charge >= 0.3 is 0 Å². The molecule has 4 aromatic rings. The number of nitrogens with zero attached hydrogens (tertiary/aromatic N) is 3. The number of aromatic amines is 1. The highest BCUT2D eigenvalue weighted by atomic mass is 16.5. The lowest BCUT2D eigenvalue weighted by molar-refractivity contribution is 0.201. The molecule has 0 saturated heterocycles. The van der Waals surface area contributed by atoms with Gasteiger partial charge in [0.1, 0.15) is 5.75 Å². The SMILES string of the molecule is CCOc1ccc([C@H]2c3[nH]c4ccccc4c3CCN2Cc2cn(CC)nc2C)cc1. The Morgan fingerprint density at radius 3 is 2.65 bits per heavy atom. The number of H-pyrrole nitrogens is 1. The maximum absolute atomic E-state index is 5.69. The standard InChI is InChI=1S/C26H30N4O/c1-4-30-17-20(18(3)28-30)16-29-15-14-23-22-8-6-7-9-24(22)27-25(23)26(29)19-10-12-21(13-11-19)31-5-2/h6-13,17,26-27H,4-5,14-16H2,1-3H3/t26-/m0/s1. The van der Waals surface area contributed by atoms with Crippen molar-refractivity contribution in [2.24, 2.45) is 0 Å². The van der Waals surface area contributed by atoms with Crippen LogP contribution in [0.5, 0.6) is 5.75 Å². The van der Waals surface area contributed by atoms with E-state index in [1.807, 2.05) is 11.6 Å². The zero-order valence-corrected chi connectivity index (χ0v) is 18.6. The lowest BCUT2D eigenvalue weighted by Gasteiger charge is -2.36. The lowest BCUT2D eigenvalue weighted by Crippen LogP contribution is -2.35. The molecule has 1 aliphatic heterocycles. The number of rotatable bonds is 6. The molecule has 1 N–H and O–H groups in total. The number of aromatic nitrogens is 3. The third kappa shape index (κ3) is 3.63. The maximum Gasteiger partial charge on any atom is 0.119 e. The van der Waals surface area contributed by atoms with E-state index >= 15 is 0 Å². The molecule has 31 heavy (non-hydrogen) atoms. The Morgan fingerprint density at radius 2 is 1.90 bits per heavy atom. The molecule has 0 aliphatic carbocycles. The molecule has 0 spiro atoms. The van der Waals surface area contributed by atoms with Crippen LogP contribution in [0.1, 0.15) is 48.0 Å². The van der Waals surface area contributed by atoms with Crippen LogP contribution < -0.4 is 4.74 Å². The van der Waals surface area contributed by atoms with E-state index in [0.29, 0.717) is 6.61 Å². The van der Waals surface area contributed by atoms with Gasteiger partial charge in [0.15, 0.2) is 0 Å². The first-order valence-electron chi connectivity index (χ1n) is 11.3. The first kappa shape index (κ1) is 19.9. The Hall–Kier alpha value is -3.05. The number of nitrogens with one attached hydrogen (secondary N) is 1. The fraction of sp³-hybridized carbons (Fsp3) is 0.346. The maximum atomic E-state index is 5.69. The minimum absolute atomic E-state index is 0.177. The minimum Gasteiger partial charge on any atom is -0.494 e. The van der Waals surface area contributed by atoms with Crippen molar-refractivity contribution < 1.29 is 4.74 Å². The molecular formula is C26H30N4O. The van der Waals surface area contributed by atoms with E-state index in [2.05, 4.69) is 83.6 Å². The van der Waals surface area contributed by atoms with Gasteiger partial charge in [-0.05, 0) is 56.5 Å².